The number of nitrogens with zero attached hydrogens (tertiary/aromatic N) is 4. The smallest absolute Gasteiger partial charge is 0.235 e. The second kappa shape index (κ2) is 7.12. The van der Waals surface area contributed by atoms with Crippen molar-refractivity contribution in [1.82, 2.24) is 25.1 Å². The van der Waals surface area contributed by atoms with E-state index in [4.69, 9.17) is 0 Å². The van der Waals surface area contributed by atoms with E-state index >= 15 is 0 Å². The van der Waals surface area contributed by atoms with Gasteiger partial charge in [-0.25, -0.2) is 0 Å². The number of pyridine rings is 1. The minimum atomic E-state index is -0.184. The predicted molar refractivity (Wildman–Crippen MR) is 89.9 cm³/mol. The average Bonchev–Trinajstić information content (AvgIpc) is 3.04. The highest BCUT2D eigenvalue weighted by atomic mass is 32.2. The Hall–Kier alpha value is -1.89. The molecule has 0 saturated carbocycles. The van der Waals surface area contributed by atoms with Gasteiger partial charge in [0, 0.05) is 19.3 Å². The van der Waals surface area contributed by atoms with Crippen LogP contribution in [0.25, 0.3) is 11.5 Å². The zero-order chi connectivity index (χ0) is 16.2. The molecule has 3 rings (SSSR count). The van der Waals surface area contributed by atoms with Crippen LogP contribution in [0, 0.1) is 5.92 Å². The maximum Gasteiger partial charge on any atom is 0.235 e. The number of hydrogen-bond acceptors (Lipinski definition) is 5. The summed E-state index contributed by atoms with van der Waals surface area (Å²) in [5.41, 5.74) is 0.746. The number of carbonyl (C=O) groups is 1. The molecular formula is C16H21N5OS. The van der Waals surface area contributed by atoms with Gasteiger partial charge in [0.25, 0.3) is 0 Å². The van der Waals surface area contributed by atoms with E-state index in [1.54, 1.807) is 6.20 Å². The number of nitrogens with one attached hydrogen (secondary N) is 1. The van der Waals surface area contributed by atoms with Gasteiger partial charge in [-0.3, -0.25) is 14.9 Å². The van der Waals surface area contributed by atoms with Gasteiger partial charge in [0.15, 0.2) is 5.82 Å². The summed E-state index contributed by atoms with van der Waals surface area (Å²) >= 11 is 1.39. The largest absolute Gasteiger partial charge is 0.342 e. The molecular weight excluding hydrogens is 310 g/mol. The molecule has 0 bridgehead atoms. The van der Waals surface area contributed by atoms with Gasteiger partial charge in [0.2, 0.25) is 11.1 Å². The Morgan fingerprint density at radius 1 is 1.39 bits per heavy atom. The van der Waals surface area contributed by atoms with Crippen molar-refractivity contribution >= 4 is 17.7 Å². The molecule has 6 nitrogen and oxygen atoms in total. The van der Waals surface area contributed by atoms with Crippen molar-refractivity contribution in [3.8, 4) is 11.5 Å². The second-order valence-electron chi connectivity index (χ2n) is 5.95. The fraction of sp³-hybridized carbons (Fsp3) is 0.500. The van der Waals surface area contributed by atoms with E-state index in [2.05, 4.69) is 27.1 Å². The quantitative estimate of drug-likeness (QED) is 0.872. The minimum Gasteiger partial charge on any atom is -0.342 e. The summed E-state index contributed by atoms with van der Waals surface area (Å²) < 4.78 is 0. The van der Waals surface area contributed by atoms with Crippen LogP contribution in [0.5, 0.6) is 0 Å². The number of thioether (sulfide) groups is 1. The van der Waals surface area contributed by atoms with Crippen molar-refractivity contribution in [1.29, 1.82) is 0 Å². The molecule has 7 heteroatoms. The number of rotatable bonds is 4. The van der Waals surface area contributed by atoms with Crippen LogP contribution in [0.2, 0.25) is 0 Å². The molecule has 1 aliphatic heterocycles. The first-order valence-corrected chi connectivity index (χ1v) is 8.80. The molecule has 0 aliphatic carbocycles. The number of likely N-dealkylation sites (tertiary alicyclic amines) is 1. The molecule has 0 spiro atoms. The lowest BCUT2D eigenvalue weighted by atomic mass is 9.99. The molecule has 0 radical (unpaired) electrons. The Morgan fingerprint density at radius 2 is 2.17 bits per heavy atom. The summed E-state index contributed by atoms with van der Waals surface area (Å²) in [5.74, 6) is 1.52. The lowest BCUT2D eigenvalue weighted by molar-refractivity contribution is -0.131. The number of aromatic nitrogens is 4. The van der Waals surface area contributed by atoms with E-state index in [0.29, 0.717) is 11.0 Å². The third-order valence-corrected chi connectivity index (χ3v) is 5.05. The van der Waals surface area contributed by atoms with Crippen molar-refractivity contribution in [3.63, 3.8) is 0 Å². The van der Waals surface area contributed by atoms with Gasteiger partial charge in [-0.1, -0.05) is 24.8 Å². The fourth-order valence-corrected chi connectivity index (χ4v) is 3.42. The van der Waals surface area contributed by atoms with E-state index in [1.807, 2.05) is 30.0 Å². The summed E-state index contributed by atoms with van der Waals surface area (Å²) in [6.45, 7) is 5.88. The van der Waals surface area contributed by atoms with Gasteiger partial charge in [-0.05, 0) is 37.8 Å². The first-order valence-electron chi connectivity index (χ1n) is 7.92. The zero-order valence-corrected chi connectivity index (χ0v) is 14.2. The maximum atomic E-state index is 12.5. The molecule has 2 aromatic heterocycles. The Balaban J connectivity index is 1.61. The van der Waals surface area contributed by atoms with Crippen LogP contribution >= 0.6 is 11.8 Å². The van der Waals surface area contributed by atoms with Crippen LogP contribution < -0.4 is 0 Å². The fourth-order valence-electron chi connectivity index (χ4n) is 2.61. The molecule has 0 aromatic carbocycles. The number of H-pyrrole nitrogens is 1. The third-order valence-electron chi connectivity index (χ3n) is 4.10. The van der Waals surface area contributed by atoms with E-state index < -0.39 is 0 Å². The number of piperidine rings is 1. The minimum absolute atomic E-state index is 0.172. The third kappa shape index (κ3) is 3.90. The number of carbonyl (C=O) groups excluding carboxylic acids is 1. The maximum absolute atomic E-state index is 12.5. The monoisotopic (exact) mass is 331 g/mol. The second-order valence-corrected chi connectivity index (χ2v) is 7.26. The zero-order valence-electron chi connectivity index (χ0n) is 13.4. The summed E-state index contributed by atoms with van der Waals surface area (Å²) in [6.07, 6.45) is 3.90. The molecule has 122 valence electrons. The van der Waals surface area contributed by atoms with E-state index in [9.17, 15) is 4.79 Å². The van der Waals surface area contributed by atoms with Crippen molar-refractivity contribution in [2.75, 3.05) is 13.1 Å². The Kier molecular flexibility index (Phi) is 4.95. The van der Waals surface area contributed by atoms with Gasteiger partial charge in [-0.2, -0.15) is 4.98 Å². The topological polar surface area (TPSA) is 74.8 Å². The van der Waals surface area contributed by atoms with E-state index in [1.165, 1.54) is 11.8 Å². The first kappa shape index (κ1) is 16.0. The lowest BCUT2D eigenvalue weighted by Crippen LogP contribution is -2.41. The Labute approximate surface area is 140 Å². The molecule has 1 amide bonds. The molecule has 1 fully saturated rings. The van der Waals surface area contributed by atoms with E-state index in [0.717, 1.165) is 37.5 Å². The van der Waals surface area contributed by atoms with Gasteiger partial charge in [0.1, 0.15) is 5.69 Å². The molecule has 23 heavy (non-hydrogen) atoms. The highest BCUT2D eigenvalue weighted by molar-refractivity contribution is 8.00. The summed E-state index contributed by atoms with van der Waals surface area (Å²) in [7, 11) is 0. The highest BCUT2D eigenvalue weighted by Gasteiger charge is 2.26. The SMILES string of the molecule is CC1CCN(C(=O)[C@@H](C)Sc2n[nH]c(-c3ccccn3)n2)CC1. The summed E-state index contributed by atoms with van der Waals surface area (Å²) in [6, 6.07) is 5.63. The van der Waals surface area contributed by atoms with Crippen molar-refractivity contribution in [2.24, 2.45) is 5.92 Å². The number of aromatic amines is 1. The molecule has 3 heterocycles. The van der Waals surface area contributed by atoms with Gasteiger partial charge >= 0.3 is 0 Å². The molecule has 1 atom stereocenters. The lowest BCUT2D eigenvalue weighted by Gasteiger charge is -2.31. The van der Waals surface area contributed by atoms with Crippen molar-refractivity contribution in [2.45, 2.75) is 37.1 Å². The number of amides is 1. The first-order chi connectivity index (χ1) is 11.1. The Bertz CT molecular complexity index is 652. The molecule has 1 N–H and O–H groups in total. The Morgan fingerprint density at radius 3 is 2.87 bits per heavy atom. The van der Waals surface area contributed by atoms with Gasteiger partial charge < -0.3 is 4.90 Å². The molecule has 1 saturated heterocycles. The standard InChI is InChI=1S/C16H21N5OS/c1-11-6-9-21(10-7-11)15(22)12(2)23-16-18-14(19-20-16)13-5-3-4-8-17-13/h3-5,8,11-12H,6-7,9-10H2,1-2H3,(H,18,19,20)/t12-/m1/s1. The van der Waals surface area contributed by atoms with Gasteiger partial charge in [0.05, 0.1) is 5.25 Å². The molecule has 0 unspecified atom stereocenters. The average molecular weight is 331 g/mol. The summed E-state index contributed by atoms with van der Waals surface area (Å²) in [5, 5.41) is 7.47. The van der Waals surface area contributed by atoms with Crippen molar-refractivity contribution in [3.05, 3.63) is 24.4 Å². The van der Waals surface area contributed by atoms with Crippen LogP contribution in [-0.4, -0.2) is 49.3 Å². The van der Waals surface area contributed by atoms with Crippen LogP contribution in [0.15, 0.2) is 29.6 Å². The number of hydrogen-bond donors (Lipinski definition) is 1. The van der Waals surface area contributed by atoms with Crippen LogP contribution in [-0.2, 0) is 4.79 Å². The highest BCUT2D eigenvalue weighted by Crippen LogP contribution is 2.25. The normalized spacial score (nSPS) is 17.2. The molecule has 1 aliphatic rings. The summed E-state index contributed by atoms with van der Waals surface area (Å²) in [4.78, 5) is 23.1. The van der Waals surface area contributed by atoms with Crippen LogP contribution in [0.3, 0.4) is 0 Å². The molecule has 2 aromatic rings. The van der Waals surface area contributed by atoms with Gasteiger partial charge in [-0.15, -0.1) is 5.10 Å². The van der Waals surface area contributed by atoms with E-state index in [-0.39, 0.29) is 11.2 Å². The predicted octanol–water partition coefficient (Wildman–Crippen LogP) is 2.61. The van der Waals surface area contributed by atoms with Crippen molar-refractivity contribution < 1.29 is 4.79 Å². The van der Waals surface area contributed by atoms with Crippen LogP contribution in [0.1, 0.15) is 26.7 Å². The van der Waals surface area contributed by atoms with Crippen LogP contribution in [0.4, 0.5) is 0 Å².